The van der Waals surface area contributed by atoms with Crippen LogP contribution in [-0.2, 0) is 4.79 Å². The number of guanidine groups is 1. The third-order valence-corrected chi connectivity index (χ3v) is 3.71. The fourth-order valence-corrected chi connectivity index (χ4v) is 2.62. The largest absolute Gasteiger partial charge is 0.481 e. The molecule has 0 spiro atoms. The van der Waals surface area contributed by atoms with Gasteiger partial charge in [-0.25, -0.2) is 4.99 Å². The van der Waals surface area contributed by atoms with E-state index in [2.05, 4.69) is 10.3 Å². The zero-order valence-corrected chi connectivity index (χ0v) is 12.7. The highest BCUT2D eigenvalue weighted by atomic mass is 35.5. The first kappa shape index (κ1) is 15.2. The number of hydrogen-bond donors (Lipinski definition) is 3. The number of nitrogens with zero attached hydrogens (tertiary/aromatic N) is 1. The fourth-order valence-electron chi connectivity index (χ4n) is 2.50. The first-order chi connectivity index (χ1) is 11.0. The van der Waals surface area contributed by atoms with E-state index in [1.165, 1.54) is 6.26 Å². The van der Waals surface area contributed by atoms with Gasteiger partial charge in [-0.2, -0.15) is 0 Å². The van der Waals surface area contributed by atoms with Crippen molar-refractivity contribution in [1.29, 1.82) is 0 Å². The number of nitrogens with two attached hydrogens (primary N) is 1. The topological polar surface area (TPSA) is 101 Å². The predicted molar refractivity (Wildman–Crippen MR) is 86.8 cm³/mol. The normalized spacial score (nSPS) is 17.6. The number of benzene rings is 1. The highest BCUT2D eigenvalue weighted by Gasteiger charge is 2.29. The average molecular weight is 332 g/mol. The maximum absolute atomic E-state index is 11.3. The van der Waals surface area contributed by atoms with Crippen LogP contribution in [0.25, 0.3) is 5.70 Å². The number of furan rings is 1. The molecule has 0 radical (unpaired) electrons. The minimum atomic E-state index is -0.958. The Morgan fingerprint density at radius 2 is 2.09 bits per heavy atom. The lowest BCUT2D eigenvalue weighted by molar-refractivity contribution is -0.136. The van der Waals surface area contributed by atoms with Crippen LogP contribution in [0.2, 0.25) is 5.02 Å². The van der Waals surface area contributed by atoms with E-state index in [0.717, 1.165) is 5.56 Å². The van der Waals surface area contributed by atoms with Crippen LogP contribution >= 0.6 is 11.6 Å². The van der Waals surface area contributed by atoms with Crippen LogP contribution in [0.15, 0.2) is 57.6 Å². The summed E-state index contributed by atoms with van der Waals surface area (Å²) >= 11 is 5.92. The molecule has 3 rings (SSSR count). The smallest absolute Gasteiger partial charge is 0.307 e. The van der Waals surface area contributed by atoms with Crippen LogP contribution < -0.4 is 11.1 Å². The van der Waals surface area contributed by atoms with Gasteiger partial charge in [-0.1, -0.05) is 23.7 Å². The summed E-state index contributed by atoms with van der Waals surface area (Å²) in [5.41, 5.74) is 7.83. The summed E-state index contributed by atoms with van der Waals surface area (Å²) in [5.74, 6) is -0.219. The third-order valence-electron chi connectivity index (χ3n) is 3.46. The number of carboxylic acid groups (broad SMARTS) is 1. The second-order valence-corrected chi connectivity index (χ2v) is 5.47. The molecule has 7 heteroatoms. The summed E-state index contributed by atoms with van der Waals surface area (Å²) in [6, 6.07) is 9.95. The predicted octanol–water partition coefficient (Wildman–Crippen LogP) is 2.78. The molecule has 6 nitrogen and oxygen atoms in total. The van der Waals surface area contributed by atoms with Crippen LogP contribution in [0.1, 0.15) is 23.8 Å². The van der Waals surface area contributed by atoms with Crippen molar-refractivity contribution in [3.63, 3.8) is 0 Å². The molecule has 118 valence electrons. The summed E-state index contributed by atoms with van der Waals surface area (Å²) in [6.45, 7) is 0. The SMILES string of the molecule is NC1=NC(c2ccco2)C(CC(=O)O)=C(c2ccc(Cl)cc2)N1. The van der Waals surface area contributed by atoms with Gasteiger partial charge >= 0.3 is 5.97 Å². The Kier molecular flexibility index (Phi) is 4.08. The Hall–Kier alpha value is -2.73. The van der Waals surface area contributed by atoms with Gasteiger partial charge in [0, 0.05) is 5.02 Å². The number of aliphatic carboxylic acids is 1. The Bertz CT molecular complexity index is 779. The monoisotopic (exact) mass is 331 g/mol. The highest BCUT2D eigenvalue weighted by Crippen LogP contribution is 2.36. The summed E-state index contributed by atoms with van der Waals surface area (Å²) in [6.07, 6.45) is 1.33. The maximum Gasteiger partial charge on any atom is 0.307 e. The van der Waals surface area contributed by atoms with Crippen molar-refractivity contribution >= 4 is 29.2 Å². The quantitative estimate of drug-likeness (QED) is 0.799. The van der Waals surface area contributed by atoms with Crippen molar-refractivity contribution in [3.05, 3.63) is 64.6 Å². The molecule has 0 fully saturated rings. The second-order valence-electron chi connectivity index (χ2n) is 5.03. The molecule has 23 heavy (non-hydrogen) atoms. The first-order valence-electron chi connectivity index (χ1n) is 6.89. The van der Waals surface area contributed by atoms with Crippen LogP contribution in [0.5, 0.6) is 0 Å². The Balaban J connectivity index is 2.13. The van der Waals surface area contributed by atoms with E-state index in [4.69, 9.17) is 21.8 Å². The fraction of sp³-hybridized carbons (Fsp3) is 0.125. The van der Waals surface area contributed by atoms with E-state index in [9.17, 15) is 9.90 Å². The van der Waals surface area contributed by atoms with Crippen molar-refractivity contribution in [1.82, 2.24) is 5.32 Å². The molecule has 0 saturated heterocycles. The molecule has 0 amide bonds. The van der Waals surface area contributed by atoms with E-state index in [1.54, 1.807) is 36.4 Å². The molecule has 4 N–H and O–H groups in total. The molecule has 2 heterocycles. The standard InChI is InChI=1S/C16H14ClN3O3/c17-10-5-3-9(4-6-10)14-11(8-13(21)22)15(20-16(18)19-14)12-2-1-7-23-12/h1-7,15H,8H2,(H,21,22)(H3,18,19,20). The molecule has 2 aromatic rings. The van der Waals surface area contributed by atoms with Gasteiger partial charge in [0.25, 0.3) is 0 Å². The van der Waals surface area contributed by atoms with Crippen LogP contribution in [0, 0.1) is 0 Å². The zero-order chi connectivity index (χ0) is 16.4. The van der Waals surface area contributed by atoms with Crippen LogP contribution in [0.4, 0.5) is 0 Å². The zero-order valence-electron chi connectivity index (χ0n) is 12.0. The summed E-state index contributed by atoms with van der Waals surface area (Å²) in [4.78, 5) is 15.6. The number of carbonyl (C=O) groups is 1. The Morgan fingerprint density at radius 3 is 2.70 bits per heavy atom. The maximum atomic E-state index is 11.3. The summed E-state index contributed by atoms with van der Waals surface area (Å²) in [7, 11) is 0. The van der Waals surface area contributed by atoms with Gasteiger partial charge in [0.15, 0.2) is 5.96 Å². The number of hydrogen-bond acceptors (Lipinski definition) is 5. The lowest BCUT2D eigenvalue weighted by Gasteiger charge is -2.25. The highest BCUT2D eigenvalue weighted by molar-refractivity contribution is 6.30. The van der Waals surface area contributed by atoms with Crippen molar-refractivity contribution in [3.8, 4) is 0 Å². The minimum Gasteiger partial charge on any atom is -0.481 e. The Labute approximate surface area is 137 Å². The molecular formula is C16H14ClN3O3. The number of carboxylic acids is 1. The second kappa shape index (κ2) is 6.18. The lowest BCUT2D eigenvalue weighted by atomic mass is 9.94. The van der Waals surface area contributed by atoms with Gasteiger partial charge in [0.1, 0.15) is 11.8 Å². The van der Waals surface area contributed by atoms with E-state index in [-0.39, 0.29) is 12.4 Å². The average Bonchev–Trinajstić information content (AvgIpc) is 3.03. The molecule has 0 bridgehead atoms. The number of rotatable bonds is 4. The molecule has 1 aliphatic rings. The molecule has 1 atom stereocenters. The van der Waals surface area contributed by atoms with E-state index >= 15 is 0 Å². The molecule has 0 saturated carbocycles. The minimum absolute atomic E-state index is 0.187. The lowest BCUT2D eigenvalue weighted by Crippen LogP contribution is -2.35. The van der Waals surface area contributed by atoms with E-state index < -0.39 is 12.0 Å². The first-order valence-corrected chi connectivity index (χ1v) is 7.27. The van der Waals surface area contributed by atoms with Gasteiger partial charge in [0.05, 0.1) is 18.4 Å². The van der Waals surface area contributed by atoms with E-state index in [0.29, 0.717) is 22.1 Å². The molecular weight excluding hydrogens is 318 g/mol. The molecule has 1 aromatic heterocycles. The van der Waals surface area contributed by atoms with Crippen LogP contribution in [-0.4, -0.2) is 17.0 Å². The Morgan fingerprint density at radius 1 is 1.35 bits per heavy atom. The number of nitrogens with one attached hydrogen (secondary N) is 1. The van der Waals surface area contributed by atoms with E-state index in [1.807, 2.05) is 0 Å². The number of halogens is 1. The van der Waals surface area contributed by atoms with Gasteiger partial charge in [-0.3, -0.25) is 4.79 Å². The van der Waals surface area contributed by atoms with Crippen molar-refractivity contribution in [2.75, 3.05) is 0 Å². The van der Waals surface area contributed by atoms with Gasteiger partial charge in [-0.05, 0) is 35.4 Å². The van der Waals surface area contributed by atoms with Crippen molar-refractivity contribution in [2.24, 2.45) is 10.7 Å². The van der Waals surface area contributed by atoms with Crippen molar-refractivity contribution < 1.29 is 14.3 Å². The summed E-state index contributed by atoms with van der Waals surface area (Å²) in [5, 5.41) is 12.8. The van der Waals surface area contributed by atoms with Gasteiger partial charge in [-0.15, -0.1) is 0 Å². The molecule has 1 unspecified atom stereocenters. The molecule has 1 aromatic carbocycles. The molecule has 1 aliphatic heterocycles. The third kappa shape index (κ3) is 3.22. The number of aliphatic imine (C=N–C) groups is 1. The van der Waals surface area contributed by atoms with Gasteiger partial charge < -0.3 is 20.6 Å². The summed E-state index contributed by atoms with van der Waals surface area (Å²) < 4.78 is 5.40. The molecule has 0 aliphatic carbocycles. The van der Waals surface area contributed by atoms with Crippen molar-refractivity contribution in [2.45, 2.75) is 12.5 Å². The van der Waals surface area contributed by atoms with Gasteiger partial charge in [0.2, 0.25) is 0 Å². The van der Waals surface area contributed by atoms with Crippen LogP contribution in [0.3, 0.4) is 0 Å².